The number of esters is 1. The highest BCUT2D eigenvalue weighted by molar-refractivity contribution is 8.14. The molecule has 1 amide bonds. The minimum absolute atomic E-state index is 0.0472. The third-order valence-corrected chi connectivity index (χ3v) is 15.4. The Bertz CT molecular complexity index is 1490. The van der Waals surface area contributed by atoms with Crippen molar-refractivity contribution in [3.05, 3.63) is 0 Å². The van der Waals surface area contributed by atoms with Gasteiger partial charge in [-0.05, 0) is 80.6 Å². The van der Waals surface area contributed by atoms with Gasteiger partial charge in [-0.25, -0.2) is 0 Å². The van der Waals surface area contributed by atoms with Gasteiger partial charge in [0, 0.05) is 46.1 Å². The van der Waals surface area contributed by atoms with Crippen molar-refractivity contribution in [2.24, 2.45) is 22.7 Å². The Morgan fingerprint density at radius 1 is 0.967 bits per heavy atom. The lowest BCUT2D eigenvalue weighted by Crippen LogP contribution is -2.60. The number of hydrogen-bond acceptors (Lipinski definition) is 15. The largest absolute Gasteiger partial charge is 0.459 e. The quantitative estimate of drug-likeness (QED) is 0.246. The lowest BCUT2D eigenvalue weighted by atomic mass is 9.77. The fourth-order valence-electron chi connectivity index (χ4n) is 9.87. The number of methoxy groups -OCH3 is 2. The molecule has 5 saturated heterocycles. The van der Waals surface area contributed by atoms with Crippen molar-refractivity contribution < 1.29 is 62.8 Å². The summed E-state index contributed by atoms with van der Waals surface area (Å²) >= 11 is 1.62. The van der Waals surface area contributed by atoms with Gasteiger partial charge in [0.05, 0.1) is 71.5 Å². The van der Waals surface area contributed by atoms with E-state index >= 15 is 0 Å². The first-order valence-electron chi connectivity index (χ1n) is 22.0. The second-order valence-corrected chi connectivity index (χ2v) is 19.9. The second-order valence-electron chi connectivity index (χ2n) is 18.7. The maximum absolute atomic E-state index is 14.5. The van der Waals surface area contributed by atoms with E-state index in [1.165, 1.54) is 14.0 Å². The van der Waals surface area contributed by atoms with Crippen LogP contribution in [0.1, 0.15) is 108 Å². The SMILES string of the molecule is CC[C@H]1OC(=O)[C@H](C)[C@@H](O[C@H]2C[C@@](C)(OC)[C@@H](O)[C@H](C)O2)[C@H](C)[C@@H](O[C@@H]2O[C@H](C)C[C@H]3[C@@H]2SC(=NCC2CCCO2)N3C)[C@](C)(OC)C[C@@H](C)C(=O)N[C@H](C)[C@@H](O)[C@]1(C)O. The maximum Gasteiger partial charge on any atom is 0.311 e. The van der Waals surface area contributed by atoms with Crippen LogP contribution in [0.2, 0.25) is 0 Å². The Hall–Kier alpha value is -1.64. The second kappa shape index (κ2) is 20.0. The molecule has 0 radical (unpaired) electrons. The Labute approximate surface area is 361 Å². The Morgan fingerprint density at radius 3 is 2.27 bits per heavy atom. The van der Waals surface area contributed by atoms with Crippen molar-refractivity contribution in [1.29, 1.82) is 0 Å². The van der Waals surface area contributed by atoms with Crippen molar-refractivity contribution >= 4 is 28.8 Å². The summed E-state index contributed by atoms with van der Waals surface area (Å²) in [6.07, 6.45) is -4.60. The van der Waals surface area contributed by atoms with Gasteiger partial charge in [0.25, 0.3) is 0 Å². The van der Waals surface area contributed by atoms with Crippen molar-refractivity contribution in [2.75, 3.05) is 34.4 Å². The highest BCUT2D eigenvalue weighted by atomic mass is 32.2. The van der Waals surface area contributed by atoms with Gasteiger partial charge in [-0.1, -0.05) is 32.5 Å². The molecule has 19 atom stereocenters. The van der Waals surface area contributed by atoms with Gasteiger partial charge in [0.2, 0.25) is 5.91 Å². The van der Waals surface area contributed by atoms with Crippen LogP contribution in [-0.2, 0) is 47.5 Å². The van der Waals surface area contributed by atoms with Crippen LogP contribution in [0.5, 0.6) is 0 Å². The summed E-state index contributed by atoms with van der Waals surface area (Å²) in [7, 11) is 5.15. The number of ether oxygens (including phenoxy) is 8. The Morgan fingerprint density at radius 2 is 1.65 bits per heavy atom. The topological polar surface area (TPSA) is 196 Å². The number of hydrogen-bond donors (Lipinski definition) is 4. The third-order valence-electron chi connectivity index (χ3n) is 14.0. The molecule has 0 saturated carbocycles. The Balaban J connectivity index is 1.59. The first-order valence-corrected chi connectivity index (χ1v) is 22.9. The molecule has 4 N–H and O–H groups in total. The first kappa shape index (κ1) is 49.4. The molecule has 0 spiro atoms. The molecule has 346 valence electrons. The van der Waals surface area contributed by atoms with Crippen molar-refractivity contribution in [2.45, 2.75) is 203 Å². The summed E-state index contributed by atoms with van der Waals surface area (Å²) in [5, 5.41) is 37.8. The molecular formula is C43H75N3O13S. The van der Waals surface area contributed by atoms with Crippen LogP contribution in [0.3, 0.4) is 0 Å². The summed E-state index contributed by atoms with van der Waals surface area (Å²) < 4.78 is 51.3. The number of amidine groups is 1. The highest BCUT2D eigenvalue weighted by Crippen LogP contribution is 2.45. The predicted octanol–water partition coefficient (Wildman–Crippen LogP) is 3.40. The molecule has 0 aromatic carbocycles. The number of rotatable bonds is 9. The molecule has 16 nitrogen and oxygen atoms in total. The molecule has 5 aliphatic heterocycles. The number of aliphatic hydroxyl groups excluding tert-OH is 2. The number of cyclic esters (lactones) is 1. The number of fused-ring (bicyclic) bond motifs is 1. The number of aliphatic hydroxyl groups is 3. The van der Waals surface area contributed by atoms with E-state index in [0.29, 0.717) is 6.54 Å². The van der Waals surface area contributed by atoms with Crippen molar-refractivity contribution in [3.8, 4) is 0 Å². The normalized spacial score (nSPS) is 48.3. The fourth-order valence-corrected chi connectivity index (χ4v) is 11.3. The molecule has 1 unspecified atom stereocenters. The number of thioether (sulfide) groups is 1. The zero-order valence-electron chi connectivity index (χ0n) is 38.1. The van der Waals surface area contributed by atoms with E-state index in [2.05, 4.69) is 17.3 Å². The van der Waals surface area contributed by atoms with Gasteiger partial charge >= 0.3 is 5.97 Å². The smallest absolute Gasteiger partial charge is 0.311 e. The average molecular weight is 874 g/mol. The minimum Gasteiger partial charge on any atom is -0.459 e. The van der Waals surface area contributed by atoms with E-state index in [9.17, 15) is 24.9 Å². The number of nitrogens with one attached hydrogen (secondary N) is 1. The lowest BCUT2D eigenvalue weighted by molar-refractivity contribution is -0.308. The molecule has 5 fully saturated rings. The third kappa shape index (κ3) is 10.5. The van der Waals surface area contributed by atoms with Gasteiger partial charge in [0.1, 0.15) is 23.9 Å². The van der Waals surface area contributed by atoms with Crippen LogP contribution >= 0.6 is 11.8 Å². The summed E-state index contributed by atoms with van der Waals surface area (Å²) in [4.78, 5) is 35.6. The fraction of sp³-hybridized carbons (Fsp3) is 0.930. The summed E-state index contributed by atoms with van der Waals surface area (Å²) in [5.74, 6) is -3.36. The standard InChI is InChI=1S/C43H75N3O13S/c1-14-30-43(10,51)34(47)26(6)45-37(49)22(2)19-42(9,53-13)36(24(4)32(25(5)38(50)57-30)58-31-20-41(8,52-12)35(48)27(7)56-31)59-39-33-29(18-23(3)55-39)46(11)40(60-33)44-21-28-16-15-17-54-28/h22-36,39,47-48,51H,14-21H2,1-13H3,(H,45,49)/t22-,23-,24+,25-,26-,27+,28?,29+,30-,31+,32+,33+,34-,35+,36-,39+,41-,42-,43-/m1/s1. The molecular weight excluding hydrogens is 799 g/mol. The van der Waals surface area contributed by atoms with E-state index in [1.807, 2.05) is 20.8 Å². The summed E-state index contributed by atoms with van der Waals surface area (Å²) in [6.45, 7) is 18.9. The van der Waals surface area contributed by atoms with Crippen molar-refractivity contribution in [3.63, 3.8) is 0 Å². The minimum atomic E-state index is -1.93. The molecule has 5 heterocycles. The van der Waals surface area contributed by atoms with Crippen LogP contribution in [-0.4, -0.2) is 167 Å². The molecule has 17 heteroatoms. The Kier molecular flexibility index (Phi) is 16.5. The summed E-state index contributed by atoms with van der Waals surface area (Å²) in [5.41, 5.74) is -4.15. The zero-order valence-corrected chi connectivity index (χ0v) is 38.9. The lowest BCUT2D eigenvalue weighted by Gasteiger charge is -2.49. The predicted molar refractivity (Wildman–Crippen MR) is 225 cm³/mol. The van der Waals surface area contributed by atoms with Crippen LogP contribution in [0.25, 0.3) is 0 Å². The number of amides is 1. The van der Waals surface area contributed by atoms with Crippen LogP contribution in [0.4, 0.5) is 0 Å². The van der Waals surface area contributed by atoms with Gasteiger partial charge in [0.15, 0.2) is 17.7 Å². The van der Waals surface area contributed by atoms with Crippen LogP contribution in [0.15, 0.2) is 4.99 Å². The van der Waals surface area contributed by atoms with Gasteiger partial charge in [-0.3, -0.25) is 14.6 Å². The van der Waals surface area contributed by atoms with Crippen LogP contribution in [0, 0.1) is 17.8 Å². The number of carbonyl (C=O) groups excluding carboxylic acids is 2. The number of aliphatic imine (C=N–C) groups is 1. The molecule has 0 aromatic heterocycles. The molecule has 5 rings (SSSR count). The number of carbonyl (C=O) groups is 2. The van der Waals surface area contributed by atoms with E-state index in [1.54, 1.807) is 60.4 Å². The highest BCUT2D eigenvalue weighted by Gasteiger charge is 2.55. The molecule has 0 aliphatic carbocycles. The van der Waals surface area contributed by atoms with E-state index in [0.717, 1.165) is 31.0 Å². The molecule has 5 aliphatic rings. The van der Waals surface area contributed by atoms with E-state index < -0.39 is 95.8 Å². The van der Waals surface area contributed by atoms with Crippen molar-refractivity contribution in [1.82, 2.24) is 10.2 Å². The number of nitrogens with zero attached hydrogens (tertiary/aromatic N) is 2. The molecule has 0 aromatic rings. The van der Waals surface area contributed by atoms with Crippen LogP contribution < -0.4 is 5.32 Å². The van der Waals surface area contributed by atoms with Gasteiger partial charge < -0.3 is 63.4 Å². The summed E-state index contributed by atoms with van der Waals surface area (Å²) in [6, 6.07) is -0.857. The average Bonchev–Trinajstić information content (AvgIpc) is 3.85. The first-order chi connectivity index (χ1) is 28.1. The van der Waals surface area contributed by atoms with E-state index in [4.69, 9.17) is 42.9 Å². The van der Waals surface area contributed by atoms with Gasteiger partial charge in [-0.2, -0.15) is 0 Å². The molecule has 60 heavy (non-hydrogen) atoms. The maximum atomic E-state index is 14.5. The monoisotopic (exact) mass is 874 g/mol. The van der Waals surface area contributed by atoms with Gasteiger partial charge in [-0.15, -0.1) is 0 Å². The molecule has 0 bridgehead atoms. The van der Waals surface area contributed by atoms with E-state index in [-0.39, 0.29) is 48.7 Å². The zero-order chi connectivity index (χ0) is 44.5.